The minimum atomic E-state index is -0.0321. The molecule has 1 atom stereocenters. The van der Waals surface area contributed by atoms with Gasteiger partial charge in [0.15, 0.2) is 0 Å². The summed E-state index contributed by atoms with van der Waals surface area (Å²) >= 11 is 1.49. The van der Waals surface area contributed by atoms with Crippen LogP contribution in [0.1, 0.15) is 30.9 Å². The summed E-state index contributed by atoms with van der Waals surface area (Å²) in [4.78, 5) is 17.2. The number of ether oxygens (including phenoxy) is 1. The first-order valence-electron chi connectivity index (χ1n) is 7.48. The van der Waals surface area contributed by atoms with Crippen LogP contribution in [0.15, 0.2) is 16.5 Å². The molecule has 1 spiro atoms. The summed E-state index contributed by atoms with van der Waals surface area (Å²) in [6, 6.07) is 0.120. The summed E-state index contributed by atoms with van der Waals surface area (Å²) in [7, 11) is 0. The predicted molar refractivity (Wildman–Crippen MR) is 83.1 cm³/mol. The fraction of sp³-hybridized carbons (Fsp3) is 0.600. The molecule has 4 heterocycles. The third-order valence-corrected chi connectivity index (χ3v) is 5.85. The molecule has 0 aliphatic carbocycles. The molecular weight excluding hydrogens is 286 g/mol. The molecule has 0 bridgehead atoms. The summed E-state index contributed by atoms with van der Waals surface area (Å²) < 4.78 is 8.65. The van der Waals surface area contributed by atoms with Crippen LogP contribution >= 0.6 is 11.3 Å². The molecule has 5 nitrogen and oxygen atoms in total. The van der Waals surface area contributed by atoms with E-state index in [1.54, 1.807) is 10.9 Å². The molecule has 0 unspecified atom stereocenters. The fourth-order valence-corrected chi connectivity index (χ4v) is 4.47. The average molecular weight is 305 g/mol. The van der Waals surface area contributed by atoms with Gasteiger partial charge in [-0.05, 0) is 50.2 Å². The van der Waals surface area contributed by atoms with E-state index in [2.05, 4.69) is 10.3 Å². The number of aromatic nitrogens is 2. The van der Waals surface area contributed by atoms with E-state index >= 15 is 0 Å². The molecule has 21 heavy (non-hydrogen) atoms. The lowest BCUT2D eigenvalue weighted by molar-refractivity contribution is -0.0196. The highest BCUT2D eigenvalue weighted by Crippen LogP contribution is 2.38. The molecule has 0 radical (unpaired) electrons. The van der Waals surface area contributed by atoms with Gasteiger partial charge in [-0.15, -0.1) is 11.3 Å². The van der Waals surface area contributed by atoms with Crippen LogP contribution in [0.3, 0.4) is 0 Å². The summed E-state index contributed by atoms with van der Waals surface area (Å²) in [5.41, 5.74) is 1.97. The number of nitrogens with zero attached hydrogens (tertiary/aromatic N) is 2. The topological polar surface area (TPSA) is 56.1 Å². The van der Waals surface area contributed by atoms with E-state index < -0.39 is 0 Å². The average Bonchev–Trinajstić information content (AvgIpc) is 3.06. The van der Waals surface area contributed by atoms with Crippen molar-refractivity contribution < 1.29 is 4.74 Å². The molecule has 1 N–H and O–H groups in total. The number of rotatable bonds is 1. The quantitative estimate of drug-likeness (QED) is 0.873. The molecular formula is C15H19N3O2S. The zero-order valence-corrected chi connectivity index (χ0v) is 12.9. The molecule has 4 rings (SSSR count). The normalized spacial score (nSPS) is 24.9. The van der Waals surface area contributed by atoms with Gasteiger partial charge in [-0.1, -0.05) is 0 Å². The summed E-state index contributed by atoms with van der Waals surface area (Å²) in [5, 5.41) is 5.37. The third kappa shape index (κ3) is 2.13. The van der Waals surface area contributed by atoms with Crippen molar-refractivity contribution in [1.82, 2.24) is 14.9 Å². The van der Waals surface area contributed by atoms with Crippen LogP contribution < -0.4 is 10.9 Å². The van der Waals surface area contributed by atoms with Crippen LogP contribution in [0.25, 0.3) is 10.2 Å². The highest BCUT2D eigenvalue weighted by Gasteiger charge is 2.42. The van der Waals surface area contributed by atoms with Crippen molar-refractivity contribution in [2.75, 3.05) is 19.7 Å². The molecule has 6 heteroatoms. The van der Waals surface area contributed by atoms with E-state index in [-0.39, 0.29) is 17.2 Å². The van der Waals surface area contributed by atoms with Crippen LogP contribution in [-0.4, -0.2) is 34.8 Å². The van der Waals surface area contributed by atoms with Crippen molar-refractivity contribution in [1.29, 1.82) is 0 Å². The van der Waals surface area contributed by atoms with Crippen LogP contribution in [0.2, 0.25) is 0 Å². The SMILES string of the molecule is Cc1csc2c(=O)n([C@H]3COC4(CCNCC4)C3)cnc12. The van der Waals surface area contributed by atoms with Crippen molar-refractivity contribution in [3.05, 3.63) is 27.6 Å². The highest BCUT2D eigenvalue weighted by molar-refractivity contribution is 7.17. The third-order valence-electron chi connectivity index (χ3n) is 4.78. The minimum absolute atomic E-state index is 0.0321. The van der Waals surface area contributed by atoms with Gasteiger partial charge < -0.3 is 10.1 Å². The number of hydrogen-bond acceptors (Lipinski definition) is 5. The zero-order valence-electron chi connectivity index (χ0n) is 12.1. The van der Waals surface area contributed by atoms with Crippen LogP contribution in [0, 0.1) is 6.92 Å². The van der Waals surface area contributed by atoms with Gasteiger partial charge in [0, 0.05) is 0 Å². The van der Waals surface area contributed by atoms with E-state index in [1.165, 1.54) is 11.3 Å². The monoisotopic (exact) mass is 305 g/mol. The molecule has 0 amide bonds. The molecule has 0 saturated carbocycles. The van der Waals surface area contributed by atoms with Gasteiger partial charge in [-0.3, -0.25) is 9.36 Å². The number of piperidine rings is 1. The Morgan fingerprint density at radius 3 is 3.10 bits per heavy atom. The van der Waals surface area contributed by atoms with Crippen LogP contribution in [0.5, 0.6) is 0 Å². The Labute approximate surface area is 127 Å². The van der Waals surface area contributed by atoms with Crippen molar-refractivity contribution >= 4 is 21.6 Å². The van der Waals surface area contributed by atoms with Gasteiger partial charge in [0.2, 0.25) is 0 Å². The summed E-state index contributed by atoms with van der Waals surface area (Å²) in [6.07, 6.45) is 4.70. The van der Waals surface area contributed by atoms with Gasteiger partial charge in [0.25, 0.3) is 5.56 Å². The number of aryl methyl sites for hydroxylation is 1. The number of nitrogens with one attached hydrogen (secondary N) is 1. The fourth-order valence-electron chi connectivity index (χ4n) is 3.53. The van der Waals surface area contributed by atoms with E-state index in [9.17, 15) is 4.79 Å². The maximum atomic E-state index is 12.7. The molecule has 2 aliphatic heterocycles. The second-order valence-electron chi connectivity index (χ2n) is 6.16. The Morgan fingerprint density at radius 2 is 2.29 bits per heavy atom. The number of fused-ring (bicyclic) bond motifs is 1. The minimum Gasteiger partial charge on any atom is -0.373 e. The zero-order chi connectivity index (χ0) is 14.4. The second-order valence-corrected chi connectivity index (χ2v) is 7.04. The summed E-state index contributed by atoms with van der Waals surface area (Å²) in [6.45, 7) is 4.63. The van der Waals surface area contributed by atoms with Gasteiger partial charge in [0.05, 0.1) is 30.1 Å². The van der Waals surface area contributed by atoms with Crippen LogP contribution in [-0.2, 0) is 4.74 Å². The molecule has 2 aromatic heterocycles. The van der Waals surface area contributed by atoms with Gasteiger partial charge in [-0.2, -0.15) is 0 Å². The molecule has 2 saturated heterocycles. The first kappa shape index (κ1) is 13.4. The number of hydrogen-bond donors (Lipinski definition) is 1. The lowest BCUT2D eigenvalue weighted by Gasteiger charge is -2.32. The maximum Gasteiger partial charge on any atom is 0.271 e. The van der Waals surface area contributed by atoms with Gasteiger partial charge >= 0.3 is 0 Å². The van der Waals surface area contributed by atoms with Crippen molar-refractivity contribution in [2.24, 2.45) is 0 Å². The molecule has 112 valence electrons. The van der Waals surface area contributed by atoms with Crippen molar-refractivity contribution in [2.45, 2.75) is 37.8 Å². The van der Waals surface area contributed by atoms with Crippen molar-refractivity contribution in [3.8, 4) is 0 Å². The van der Waals surface area contributed by atoms with Gasteiger partial charge in [-0.25, -0.2) is 4.98 Å². The Balaban J connectivity index is 1.68. The van der Waals surface area contributed by atoms with Crippen molar-refractivity contribution in [3.63, 3.8) is 0 Å². The molecule has 2 aliphatic rings. The smallest absolute Gasteiger partial charge is 0.271 e. The van der Waals surface area contributed by atoms with E-state index in [4.69, 9.17) is 4.74 Å². The second kappa shape index (κ2) is 4.90. The molecule has 2 aromatic rings. The van der Waals surface area contributed by atoms with Crippen LogP contribution in [0.4, 0.5) is 0 Å². The summed E-state index contributed by atoms with van der Waals surface area (Å²) in [5.74, 6) is 0. The number of thiophene rings is 1. The van der Waals surface area contributed by atoms with Gasteiger partial charge in [0.1, 0.15) is 4.70 Å². The molecule has 0 aromatic carbocycles. The first-order valence-corrected chi connectivity index (χ1v) is 8.36. The Bertz CT molecular complexity index is 730. The van der Waals surface area contributed by atoms with E-state index in [0.29, 0.717) is 6.61 Å². The maximum absolute atomic E-state index is 12.7. The first-order chi connectivity index (χ1) is 10.2. The predicted octanol–water partition coefficient (Wildman–Crippen LogP) is 1.85. The largest absolute Gasteiger partial charge is 0.373 e. The van der Waals surface area contributed by atoms with E-state index in [0.717, 1.165) is 48.1 Å². The Hall–Kier alpha value is -1.24. The Morgan fingerprint density at radius 1 is 1.48 bits per heavy atom. The standard InChI is InChI=1S/C15H19N3O2S/c1-10-8-21-13-12(10)17-9-18(14(13)19)11-6-15(20-7-11)2-4-16-5-3-15/h8-9,11,16H,2-7H2,1H3/t11-/m1/s1. The van der Waals surface area contributed by atoms with E-state index in [1.807, 2.05) is 12.3 Å². The lowest BCUT2D eigenvalue weighted by atomic mass is 9.88. The molecule has 2 fully saturated rings. The Kier molecular flexibility index (Phi) is 3.13. The highest BCUT2D eigenvalue weighted by atomic mass is 32.1. The lowest BCUT2D eigenvalue weighted by Crippen LogP contribution is -2.41.